The highest BCUT2D eigenvalue weighted by molar-refractivity contribution is 6.32. The van der Waals surface area contributed by atoms with Crippen molar-refractivity contribution < 1.29 is 14.3 Å². The van der Waals surface area contributed by atoms with Gasteiger partial charge in [0.1, 0.15) is 11.4 Å². The molecule has 1 aromatic rings. The predicted molar refractivity (Wildman–Crippen MR) is 88.6 cm³/mol. The molecule has 4 nitrogen and oxygen atoms in total. The van der Waals surface area contributed by atoms with E-state index in [9.17, 15) is 4.79 Å². The van der Waals surface area contributed by atoms with Gasteiger partial charge in [-0.05, 0) is 57.2 Å². The third-order valence-electron chi connectivity index (χ3n) is 3.90. The molecule has 1 amide bonds. The van der Waals surface area contributed by atoms with E-state index < -0.39 is 5.60 Å². The summed E-state index contributed by atoms with van der Waals surface area (Å²) < 4.78 is 11.3. The van der Waals surface area contributed by atoms with E-state index in [1.807, 2.05) is 20.8 Å². The number of hydrogen-bond donors (Lipinski definition) is 1. The normalized spacial score (nSPS) is 16.9. The van der Waals surface area contributed by atoms with Crippen LogP contribution in [0.1, 0.15) is 40.0 Å². The van der Waals surface area contributed by atoms with Gasteiger partial charge in [-0.3, -0.25) is 4.79 Å². The van der Waals surface area contributed by atoms with E-state index in [0.717, 1.165) is 19.3 Å². The molecular formula is C17H24ClNO3. The fraction of sp³-hybridized carbons (Fsp3) is 0.588. The summed E-state index contributed by atoms with van der Waals surface area (Å²) in [6.07, 6.45) is 2.97. The first-order valence-electron chi connectivity index (χ1n) is 7.89. The van der Waals surface area contributed by atoms with Crippen molar-refractivity contribution in [2.75, 3.05) is 18.5 Å². The second-order valence-corrected chi connectivity index (χ2v) is 6.17. The van der Waals surface area contributed by atoms with Crippen LogP contribution in [-0.2, 0) is 9.53 Å². The van der Waals surface area contributed by atoms with Crippen LogP contribution in [0.15, 0.2) is 18.2 Å². The molecule has 1 fully saturated rings. The molecule has 0 bridgehead atoms. The number of rotatable bonds is 8. The summed E-state index contributed by atoms with van der Waals surface area (Å²) in [6, 6.07) is 5.27. The lowest BCUT2D eigenvalue weighted by molar-refractivity contribution is -0.142. The van der Waals surface area contributed by atoms with Crippen LogP contribution in [0.5, 0.6) is 5.75 Å². The Bertz CT molecular complexity index is 531. The number of hydrogen-bond acceptors (Lipinski definition) is 3. The van der Waals surface area contributed by atoms with E-state index in [1.54, 1.807) is 18.2 Å². The van der Waals surface area contributed by atoms with Gasteiger partial charge < -0.3 is 14.8 Å². The average molecular weight is 326 g/mol. The van der Waals surface area contributed by atoms with Crippen molar-refractivity contribution in [1.29, 1.82) is 0 Å². The van der Waals surface area contributed by atoms with Gasteiger partial charge >= 0.3 is 0 Å². The lowest BCUT2D eigenvalue weighted by atomic mass is 9.98. The molecule has 1 N–H and O–H groups in total. The van der Waals surface area contributed by atoms with Gasteiger partial charge in [0.15, 0.2) is 0 Å². The molecule has 22 heavy (non-hydrogen) atoms. The predicted octanol–water partition coefficient (Wildman–Crippen LogP) is 4.27. The molecule has 122 valence electrons. The number of anilines is 1. The number of ether oxygens (including phenoxy) is 2. The molecule has 0 aromatic heterocycles. The number of carbonyl (C=O) groups excluding carboxylic acids is 1. The number of nitrogens with one attached hydrogen (secondary N) is 1. The molecule has 0 heterocycles. The van der Waals surface area contributed by atoms with Crippen LogP contribution in [0, 0.1) is 5.92 Å². The molecule has 2 rings (SSSR count). The summed E-state index contributed by atoms with van der Waals surface area (Å²) in [5, 5.41) is 3.41. The molecule has 0 saturated heterocycles. The first kappa shape index (κ1) is 17.1. The Labute approximate surface area is 137 Å². The van der Waals surface area contributed by atoms with Gasteiger partial charge in [0, 0.05) is 12.3 Å². The molecule has 0 spiro atoms. The van der Waals surface area contributed by atoms with Crippen LogP contribution >= 0.6 is 11.6 Å². The molecule has 0 aliphatic heterocycles. The Morgan fingerprint density at radius 3 is 2.68 bits per heavy atom. The zero-order chi connectivity index (χ0) is 16.2. The summed E-state index contributed by atoms with van der Waals surface area (Å²) in [4.78, 5) is 12.6. The van der Waals surface area contributed by atoms with E-state index in [4.69, 9.17) is 21.1 Å². The molecule has 0 radical (unpaired) electrons. The molecule has 1 aromatic carbocycles. The van der Waals surface area contributed by atoms with Gasteiger partial charge in [-0.25, -0.2) is 0 Å². The lowest BCUT2D eigenvalue weighted by Gasteiger charge is -2.28. The highest BCUT2D eigenvalue weighted by Crippen LogP contribution is 2.42. The molecule has 1 unspecified atom stereocenters. The minimum Gasteiger partial charge on any atom is -0.492 e. The maximum atomic E-state index is 12.6. The van der Waals surface area contributed by atoms with Crippen molar-refractivity contribution in [2.45, 2.75) is 45.6 Å². The standard InChI is InChI=1S/C17H24ClNO3/c1-4-10-22-17(3,12-6-7-12)16(20)19-13-8-9-15(21-5-2)14(18)11-13/h8-9,11-12H,4-7,10H2,1-3H3,(H,19,20). The van der Waals surface area contributed by atoms with E-state index in [1.165, 1.54) is 0 Å². The van der Waals surface area contributed by atoms with E-state index in [0.29, 0.717) is 35.6 Å². The first-order chi connectivity index (χ1) is 10.5. The minimum atomic E-state index is -0.763. The Morgan fingerprint density at radius 1 is 1.41 bits per heavy atom. The summed E-state index contributed by atoms with van der Waals surface area (Å²) in [6.45, 7) is 6.96. The third-order valence-corrected chi connectivity index (χ3v) is 4.20. The van der Waals surface area contributed by atoms with Crippen LogP contribution in [0.4, 0.5) is 5.69 Å². The van der Waals surface area contributed by atoms with E-state index in [-0.39, 0.29) is 5.91 Å². The van der Waals surface area contributed by atoms with Crippen molar-refractivity contribution in [1.82, 2.24) is 0 Å². The summed E-state index contributed by atoms with van der Waals surface area (Å²) in [7, 11) is 0. The van der Waals surface area contributed by atoms with Crippen LogP contribution in [0.25, 0.3) is 0 Å². The fourth-order valence-corrected chi connectivity index (χ4v) is 2.66. The lowest BCUT2D eigenvalue weighted by Crippen LogP contribution is -2.45. The quantitative estimate of drug-likeness (QED) is 0.776. The maximum Gasteiger partial charge on any atom is 0.256 e. The van der Waals surface area contributed by atoms with Crippen LogP contribution in [0.3, 0.4) is 0 Å². The topological polar surface area (TPSA) is 47.6 Å². The van der Waals surface area contributed by atoms with Crippen molar-refractivity contribution >= 4 is 23.2 Å². The number of carbonyl (C=O) groups is 1. The zero-order valence-corrected chi connectivity index (χ0v) is 14.2. The summed E-state index contributed by atoms with van der Waals surface area (Å²) in [5.74, 6) is 0.815. The molecule has 1 atom stereocenters. The largest absolute Gasteiger partial charge is 0.492 e. The van der Waals surface area contributed by atoms with E-state index >= 15 is 0 Å². The monoisotopic (exact) mass is 325 g/mol. The van der Waals surface area contributed by atoms with Gasteiger partial charge in [-0.2, -0.15) is 0 Å². The number of amides is 1. The highest BCUT2D eigenvalue weighted by atomic mass is 35.5. The van der Waals surface area contributed by atoms with Gasteiger partial charge in [0.05, 0.1) is 11.6 Å². The Balaban J connectivity index is 2.08. The summed E-state index contributed by atoms with van der Waals surface area (Å²) >= 11 is 6.16. The SMILES string of the molecule is CCCOC(C)(C(=O)Nc1ccc(OCC)c(Cl)c1)C1CC1. The zero-order valence-electron chi connectivity index (χ0n) is 13.4. The Hall–Kier alpha value is -1.26. The van der Waals surface area contributed by atoms with Crippen LogP contribution in [0.2, 0.25) is 5.02 Å². The van der Waals surface area contributed by atoms with Crippen molar-refractivity contribution in [3.8, 4) is 5.75 Å². The second kappa shape index (κ2) is 7.34. The smallest absolute Gasteiger partial charge is 0.256 e. The molecule has 5 heteroatoms. The van der Waals surface area contributed by atoms with Crippen molar-refractivity contribution in [3.63, 3.8) is 0 Å². The molecule has 1 aliphatic rings. The van der Waals surface area contributed by atoms with Gasteiger partial charge in [-0.1, -0.05) is 18.5 Å². The Kier molecular flexibility index (Phi) is 5.70. The maximum absolute atomic E-state index is 12.6. The van der Waals surface area contributed by atoms with Crippen molar-refractivity contribution in [3.05, 3.63) is 23.2 Å². The fourth-order valence-electron chi connectivity index (χ4n) is 2.42. The molecular weight excluding hydrogens is 302 g/mol. The summed E-state index contributed by atoms with van der Waals surface area (Å²) in [5.41, 5.74) is -0.105. The van der Waals surface area contributed by atoms with Gasteiger partial charge in [0.2, 0.25) is 0 Å². The second-order valence-electron chi connectivity index (χ2n) is 5.76. The third kappa shape index (κ3) is 3.93. The van der Waals surface area contributed by atoms with E-state index in [2.05, 4.69) is 5.32 Å². The minimum absolute atomic E-state index is 0.108. The van der Waals surface area contributed by atoms with Crippen LogP contribution < -0.4 is 10.1 Å². The molecule has 1 saturated carbocycles. The number of halogens is 1. The average Bonchev–Trinajstić information content (AvgIpc) is 3.32. The number of benzene rings is 1. The van der Waals surface area contributed by atoms with Gasteiger partial charge in [-0.15, -0.1) is 0 Å². The Morgan fingerprint density at radius 2 is 2.14 bits per heavy atom. The first-order valence-corrected chi connectivity index (χ1v) is 8.26. The van der Waals surface area contributed by atoms with Gasteiger partial charge in [0.25, 0.3) is 5.91 Å². The highest BCUT2D eigenvalue weighted by Gasteiger charge is 2.48. The molecule has 1 aliphatic carbocycles. The van der Waals surface area contributed by atoms with Crippen molar-refractivity contribution in [2.24, 2.45) is 5.92 Å². The van der Waals surface area contributed by atoms with Crippen LogP contribution in [-0.4, -0.2) is 24.7 Å².